The summed E-state index contributed by atoms with van der Waals surface area (Å²) in [6.07, 6.45) is 8.89. The van der Waals surface area contributed by atoms with Gasteiger partial charge in [-0.15, -0.1) is 23.5 Å². The van der Waals surface area contributed by atoms with Gasteiger partial charge in [-0.1, -0.05) is 127 Å². The van der Waals surface area contributed by atoms with Gasteiger partial charge in [0.05, 0.1) is 12.1 Å². The van der Waals surface area contributed by atoms with Gasteiger partial charge in [0.1, 0.15) is 0 Å². The number of hydrogen-bond donors (Lipinski definition) is 0. The van der Waals surface area contributed by atoms with Crippen LogP contribution in [0.15, 0.2) is 92.6 Å². The third kappa shape index (κ3) is 7.19. The minimum absolute atomic E-state index is 0.118. The van der Waals surface area contributed by atoms with Crippen molar-refractivity contribution in [3.8, 4) is 0 Å². The van der Waals surface area contributed by atoms with E-state index in [9.17, 15) is 0 Å². The Bertz CT molecular complexity index is 1420. The fourth-order valence-electron chi connectivity index (χ4n) is 5.35. The maximum atomic E-state index is 5.22. The van der Waals surface area contributed by atoms with Crippen molar-refractivity contribution in [3.63, 3.8) is 0 Å². The second kappa shape index (κ2) is 12.1. The molecular formula is C36H42N2S2. The lowest BCUT2D eigenvalue weighted by Crippen LogP contribution is -2.27. The molecule has 40 heavy (non-hydrogen) atoms. The first-order chi connectivity index (χ1) is 19.1. The number of hydrogen-bond acceptors (Lipinski definition) is 4. The van der Waals surface area contributed by atoms with Gasteiger partial charge >= 0.3 is 0 Å². The zero-order valence-corrected chi connectivity index (χ0v) is 26.4. The van der Waals surface area contributed by atoms with Crippen molar-refractivity contribution in [2.45, 2.75) is 98.6 Å². The summed E-state index contributed by atoms with van der Waals surface area (Å²) in [5.74, 6) is 0. The summed E-state index contributed by atoms with van der Waals surface area (Å²) in [5.41, 5.74) is 2.43. The summed E-state index contributed by atoms with van der Waals surface area (Å²) in [6.45, 7) is 13.7. The first-order valence-electron chi connectivity index (χ1n) is 14.6. The van der Waals surface area contributed by atoms with Crippen LogP contribution in [-0.4, -0.2) is 34.0 Å². The maximum absolute atomic E-state index is 5.22. The predicted molar refractivity (Wildman–Crippen MR) is 180 cm³/mol. The van der Waals surface area contributed by atoms with E-state index in [4.69, 9.17) is 9.98 Å². The molecule has 1 aliphatic rings. The van der Waals surface area contributed by atoms with Crippen LogP contribution in [0.2, 0.25) is 0 Å². The first kappa shape index (κ1) is 29.0. The highest BCUT2D eigenvalue weighted by atomic mass is 32.2. The molecule has 4 aromatic rings. The van der Waals surface area contributed by atoms with Gasteiger partial charge in [-0.25, -0.2) is 0 Å². The molecule has 2 nitrogen and oxygen atoms in total. The van der Waals surface area contributed by atoms with Crippen molar-refractivity contribution in [2.75, 3.05) is 0 Å². The predicted octanol–water partition coefficient (Wildman–Crippen LogP) is 10.6. The van der Waals surface area contributed by atoms with Crippen molar-refractivity contribution < 1.29 is 0 Å². The van der Waals surface area contributed by atoms with Gasteiger partial charge in [-0.05, 0) is 34.4 Å². The van der Waals surface area contributed by atoms with Crippen molar-refractivity contribution in [2.24, 2.45) is 9.98 Å². The van der Waals surface area contributed by atoms with Crippen LogP contribution < -0.4 is 0 Å². The fourth-order valence-corrected chi connectivity index (χ4v) is 7.65. The Labute approximate surface area is 249 Å². The molecule has 0 aliphatic heterocycles. The standard InChI is InChI=1S/C36H42N2S2/c1-35(2,3)39-33-27(21-19-25-13-7-9-15-29(25)33)23-37-31-17-11-12-18-32(31)38-24-28-22-20-26-14-8-10-16-30(26)34(28)40-36(4,5)6/h7-10,13-16,19-24,31-32H,11-12,17-18H2,1-6H3/t31-,32-/m1/s1. The third-order valence-corrected chi connectivity index (χ3v) is 9.68. The maximum Gasteiger partial charge on any atom is 0.0723 e. The largest absolute Gasteiger partial charge is 0.287 e. The van der Waals surface area contributed by atoms with Crippen LogP contribution in [0.5, 0.6) is 0 Å². The number of thioether (sulfide) groups is 2. The average molecular weight is 567 g/mol. The summed E-state index contributed by atoms with van der Waals surface area (Å²) >= 11 is 3.87. The third-order valence-electron chi connectivity index (χ3n) is 7.14. The zero-order valence-electron chi connectivity index (χ0n) is 24.8. The molecule has 0 unspecified atom stereocenters. The van der Waals surface area contributed by atoms with E-state index in [1.165, 1.54) is 55.3 Å². The highest BCUT2D eigenvalue weighted by Gasteiger charge is 2.24. The zero-order chi connectivity index (χ0) is 28.3. The highest BCUT2D eigenvalue weighted by Crippen LogP contribution is 2.40. The van der Waals surface area contributed by atoms with E-state index < -0.39 is 0 Å². The molecule has 2 atom stereocenters. The number of fused-ring (bicyclic) bond motifs is 2. The highest BCUT2D eigenvalue weighted by molar-refractivity contribution is 8.01. The molecule has 5 rings (SSSR count). The van der Waals surface area contributed by atoms with Crippen molar-refractivity contribution in [1.29, 1.82) is 0 Å². The van der Waals surface area contributed by atoms with E-state index in [1.54, 1.807) is 0 Å². The van der Waals surface area contributed by atoms with E-state index >= 15 is 0 Å². The number of rotatable bonds is 6. The van der Waals surface area contributed by atoms with Gasteiger partial charge < -0.3 is 0 Å². The number of benzene rings is 4. The Balaban J connectivity index is 1.45. The minimum Gasteiger partial charge on any atom is -0.287 e. The molecule has 1 fully saturated rings. The Morgan fingerprint density at radius 1 is 0.575 bits per heavy atom. The van der Waals surface area contributed by atoms with Gasteiger partial charge in [0.25, 0.3) is 0 Å². The van der Waals surface area contributed by atoms with Crippen molar-refractivity contribution in [1.82, 2.24) is 0 Å². The fraction of sp³-hybridized carbons (Fsp3) is 0.389. The summed E-state index contributed by atoms with van der Waals surface area (Å²) < 4.78 is 0.236. The molecule has 1 saturated carbocycles. The van der Waals surface area contributed by atoms with Crippen LogP contribution in [0.4, 0.5) is 0 Å². The average Bonchev–Trinajstić information content (AvgIpc) is 2.91. The van der Waals surface area contributed by atoms with Gasteiger partial charge in [-0.2, -0.15) is 0 Å². The molecule has 0 bridgehead atoms. The Morgan fingerprint density at radius 3 is 1.38 bits per heavy atom. The minimum atomic E-state index is 0.118. The first-order valence-corrected chi connectivity index (χ1v) is 16.2. The molecular weight excluding hydrogens is 525 g/mol. The van der Waals surface area contributed by atoms with Gasteiger partial charge in [0.2, 0.25) is 0 Å². The molecule has 208 valence electrons. The van der Waals surface area contributed by atoms with Crippen molar-refractivity contribution >= 4 is 57.5 Å². The van der Waals surface area contributed by atoms with E-state index in [1.807, 2.05) is 23.5 Å². The molecule has 0 heterocycles. The molecule has 0 amide bonds. The van der Waals surface area contributed by atoms with Crippen LogP contribution in [-0.2, 0) is 0 Å². The second-order valence-electron chi connectivity index (χ2n) is 12.8. The Hall–Kier alpha value is -2.56. The lowest BCUT2D eigenvalue weighted by Gasteiger charge is -2.26. The summed E-state index contributed by atoms with van der Waals surface area (Å²) in [4.78, 5) is 13.1. The van der Waals surface area contributed by atoms with Gasteiger partial charge in [-0.3, -0.25) is 9.98 Å². The summed E-state index contributed by atoms with van der Waals surface area (Å²) in [5, 5.41) is 5.19. The smallest absolute Gasteiger partial charge is 0.0723 e. The van der Waals surface area contributed by atoms with E-state index in [2.05, 4.69) is 127 Å². The second-order valence-corrected chi connectivity index (χ2v) is 16.5. The number of aliphatic imine (C=N–C) groups is 2. The van der Waals surface area contributed by atoms with Gasteiger partial charge in [0, 0.05) is 42.8 Å². The molecule has 4 heteroatoms. The summed E-state index contributed by atoms with van der Waals surface area (Å²) in [6, 6.07) is 26.8. The van der Waals surface area contributed by atoms with E-state index in [0.29, 0.717) is 0 Å². The van der Waals surface area contributed by atoms with E-state index in [-0.39, 0.29) is 21.6 Å². The Kier molecular flexibility index (Phi) is 8.78. The quantitative estimate of drug-likeness (QED) is 0.171. The van der Waals surface area contributed by atoms with E-state index in [0.717, 1.165) is 12.8 Å². The molecule has 0 aromatic heterocycles. The number of nitrogens with zero attached hydrogens (tertiary/aromatic N) is 2. The van der Waals surface area contributed by atoms with Crippen LogP contribution in [0.3, 0.4) is 0 Å². The molecule has 0 spiro atoms. The molecule has 0 saturated heterocycles. The molecule has 4 aromatic carbocycles. The lowest BCUT2D eigenvalue weighted by atomic mass is 9.91. The van der Waals surface area contributed by atoms with Gasteiger partial charge in [0.15, 0.2) is 0 Å². The molecule has 0 N–H and O–H groups in total. The van der Waals surface area contributed by atoms with Crippen LogP contribution in [0, 0.1) is 0 Å². The SMILES string of the molecule is CC(C)(C)Sc1c(C=N[C@@H]2CCCC[C@H]2N=Cc2ccc3ccccc3c2SC(C)(C)C)ccc2ccccc12. The van der Waals surface area contributed by atoms with Crippen LogP contribution in [0.25, 0.3) is 21.5 Å². The van der Waals surface area contributed by atoms with Crippen LogP contribution in [0.1, 0.15) is 78.4 Å². The topological polar surface area (TPSA) is 24.7 Å². The summed E-state index contributed by atoms with van der Waals surface area (Å²) in [7, 11) is 0. The van der Waals surface area contributed by atoms with Crippen molar-refractivity contribution in [3.05, 3.63) is 83.9 Å². The molecule has 1 aliphatic carbocycles. The van der Waals surface area contributed by atoms with Crippen LogP contribution >= 0.6 is 23.5 Å². The monoisotopic (exact) mass is 566 g/mol. The normalized spacial score (nSPS) is 18.9. The lowest BCUT2D eigenvalue weighted by molar-refractivity contribution is 0.390. The Morgan fingerprint density at radius 2 is 0.975 bits per heavy atom. The molecule has 0 radical (unpaired) electrons.